The predicted molar refractivity (Wildman–Crippen MR) is 77.0 cm³/mol. The lowest BCUT2D eigenvalue weighted by Crippen LogP contribution is -2.46. The minimum absolute atomic E-state index is 0.326. The summed E-state index contributed by atoms with van der Waals surface area (Å²) < 4.78 is 13.6. The Hall–Kier alpha value is -0.970. The van der Waals surface area contributed by atoms with Gasteiger partial charge in [0.25, 0.3) is 0 Å². The van der Waals surface area contributed by atoms with Crippen LogP contribution < -0.4 is 5.32 Å². The lowest BCUT2D eigenvalue weighted by atomic mass is 9.97. The second-order valence-corrected chi connectivity index (χ2v) is 6.00. The van der Waals surface area contributed by atoms with Crippen LogP contribution in [0.3, 0.4) is 0 Å². The molecule has 0 aromatic heterocycles. The standard InChI is InChI=1S/C16H23FN2O/c17-15-6-2-1-5-14(15)16(20)11-18-12-7-9-19-8-3-4-13(19)10-12/h1-2,5-6,12-13,16,18,20H,3-4,7-11H2. The van der Waals surface area contributed by atoms with Gasteiger partial charge in [-0.15, -0.1) is 0 Å². The van der Waals surface area contributed by atoms with Crippen LogP contribution >= 0.6 is 0 Å². The molecule has 0 spiro atoms. The van der Waals surface area contributed by atoms with Crippen LogP contribution in [0.2, 0.25) is 0 Å². The molecule has 20 heavy (non-hydrogen) atoms. The molecule has 2 N–H and O–H groups in total. The largest absolute Gasteiger partial charge is 0.387 e. The Morgan fingerprint density at radius 3 is 3.00 bits per heavy atom. The van der Waals surface area contributed by atoms with Gasteiger partial charge in [0, 0.05) is 24.2 Å². The summed E-state index contributed by atoms with van der Waals surface area (Å²) in [4.78, 5) is 2.57. The number of fused-ring (bicyclic) bond motifs is 1. The van der Waals surface area contributed by atoms with E-state index in [1.165, 1.54) is 25.5 Å². The Kier molecular flexibility index (Phi) is 4.34. The Balaban J connectivity index is 1.51. The molecule has 3 nitrogen and oxygen atoms in total. The first-order valence-electron chi connectivity index (χ1n) is 7.64. The molecule has 2 aliphatic heterocycles. The quantitative estimate of drug-likeness (QED) is 0.885. The summed E-state index contributed by atoms with van der Waals surface area (Å²) in [6, 6.07) is 7.63. The third kappa shape index (κ3) is 3.03. The molecule has 4 heteroatoms. The number of hydrogen-bond acceptors (Lipinski definition) is 3. The molecule has 2 saturated heterocycles. The molecule has 1 aromatic rings. The van der Waals surface area contributed by atoms with Gasteiger partial charge in [-0.05, 0) is 44.8 Å². The minimum Gasteiger partial charge on any atom is -0.387 e. The van der Waals surface area contributed by atoms with Crippen LogP contribution in [-0.2, 0) is 0 Å². The first-order chi connectivity index (χ1) is 9.74. The van der Waals surface area contributed by atoms with Crippen LogP contribution in [0.5, 0.6) is 0 Å². The summed E-state index contributed by atoms with van der Waals surface area (Å²) in [6.07, 6.45) is 4.13. The van der Waals surface area contributed by atoms with Crippen LogP contribution in [0.25, 0.3) is 0 Å². The van der Waals surface area contributed by atoms with Crippen LogP contribution in [-0.4, -0.2) is 41.7 Å². The van der Waals surface area contributed by atoms with Gasteiger partial charge >= 0.3 is 0 Å². The lowest BCUT2D eigenvalue weighted by molar-refractivity contribution is 0.136. The van der Waals surface area contributed by atoms with Crippen LogP contribution in [0.4, 0.5) is 4.39 Å². The normalized spacial score (nSPS) is 28.3. The number of hydrogen-bond donors (Lipinski definition) is 2. The molecule has 2 heterocycles. The SMILES string of the molecule is OC(CNC1CCN2CCCC2C1)c1ccccc1F. The van der Waals surface area contributed by atoms with E-state index in [4.69, 9.17) is 0 Å². The zero-order valence-corrected chi connectivity index (χ0v) is 11.8. The number of aliphatic hydroxyl groups excluding tert-OH is 1. The molecule has 1 aromatic carbocycles. The average Bonchev–Trinajstić information content (AvgIpc) is 2.92. The molecule has 2 fully saturated rings. The Morgan fingerprint density at radius 1 is 1.30 bits per heavy atom. The number of rotatable bonds is 4. The maximum atomic E-state index is 13.6. The maximum absolute atomic E-state index is 13.6. The van der Waals surface area contributed by atoms with Crippen molar-refractivity contribution in [2.75, 3.05) is 19.6 Å². The third-order valence-electron chi connectivity index (χ3n) is 4.68. The first kappa shape index (κ1) is 14.0. The summed E-state index contributed by atoms with van der Waals surface area (Å²) in [5.74, 6) is -0.326. The second kappa shape index (κ2) is 6.20. The van der Waals surface area contributed by atoms with Crippen molar-refractivity contribution in [1.82, 2.24) is 10.2 Å². The van der Waals surface area contributed by atoms with E-state index in [2.05, 4.69) is 10.2 Å². The van der Waals surface area contributed by atoms with E-state index in [0.717, 1.165) is 19.4 Å². The summed E-state index contributed by atoms with van der Waals surface area (Å²) in [6.45, 7) is 2.83. The number of benzene rings is 1. The van der Waals surface area contributed by atoms with Gasteiger partial charge in [-0.3, -0.25) is 0 Å². The number of halogens is 1. The Bertz CT molecular complexity index is 454. The average molecular weight is 278 g/mol. The van der Waals surface area contributed by atoms with Crippen molar-refractivity contribution in [2.24, 2.45) is 0 Å². The number of piperidine rings is 1. The van der Waals surface area contributed by atoms with Crippen molar-refractivity contribution in [2.45, 2.75) is 43.9 Å². The zero-order valence-electron chi connectivity index (χ0n) is 11.8. The molecule has 0 amide bonds. The molecular weight excluding hydrogens is 255 g/mol. The second-order valence-electron chi connectivity index (χ2n) is 6.00. The van der Waals surface area contributed by atoms with Gasteiger partial charge in [0.05, 0.1) is 6.10 Å². The van der Waals surface area contributed by atoms with Gasteiger partial charge in [-0.2, -0.15) is 0 Å². The summed E-state index contributed by atoms with van der Waals surface area (Å²) in [5.41, 5.74) is 0.387. The lowest BCUT2D eigenvalue weighted by Gasteiger charge is -2.35. The van der Waals surface area contributed by atoms with Crippen LogP contribution in [0.15, 0.2) is 24.3 Å². The highest BCUT2D eigenvalue weighted by Crippen LogP contribution is 2.27. The maximum Gasteiger partial charge on any atom is 0.129 e. The van der Waals surface area contributed by atoms with Crippen molar-refractivity contribution in [3.8, 4) is 0 Å². The van der Waals surface area contributed by atoms with E-state index in [0.29, 0.717) is 24.2 Å². The van der Waals surface area contributed by atoms with E-state index < -0.39 is 6.10 Å². The smallest absolute Gasteiger partial charge is 0.129 e. The van der Waals surface area contributed by atoms with E-state index >= 15 is 0 Å². The number of nitrogens with zero attached hydrogens (tertiary/aromatic N) is 1. The monoisotopic (exact) mass is 278 g/mol. The third-order valence-corrected chi connectivity index (χ3v) is 4.68. The van der Waals surface area contributed by atoms with Gasteiger partial charge in [-0.1, -0.05) is 18.2 Å². The first-order valence-corrected chi connectivity index (χ1v) is 7.64. The summed E-state index contributed by atoms with van der Waals surface area (Å²) in [7, 11) is 0. The highest BCUT2D eigenvalue weighted by Gasteiger charge is 2.31. The van der Waals surface area contributed by atoms with Crippen molar-refractivity contribution >= 4 is 0 Å². The fourth-order valence-corrected chi connectivity index (χ4v) is 3.54. The molecule has 0 aliphatic carbocycles. The molecule has 3 unspecified atom stereocenters. The molecule has 2 aliphatic rings. The van der Waals surface area contributed by atoms with Crippen LogP contribution in [0, 0.1) is 5.82 Å². The van der Waals surface area contributed by atoms with E-state index in [1.54, 1.807) is 18.2 Å². The highest BCUT2D eigenvalue weighted by atomic mass is 19.1. The summed E-state index contributed by atoms with van der Waals surface area (Å²) in [5, 5.41) is 13.5. The molecule has 0 saturated carbocycles. The topological polar surface area (TPSA) is 35.5 Å². The van der Waals surface area contributed by atoms with Gasteiger partial charge in [0.2, 0.25) is 0 Å². The van der Waals surface area contributed by atoms with Gasteiger partial charge in [-0.25, -0.2) is 4.39 Å². The molecule has 3 rings (SSSR count). The van der Waals surface area contributed by atoms with Crippen LogP contribution in [0.1, 0.15) is 37.4 Å². The number of aliphatic hydroxyl groups is 1. The molecule has 110 valence electrons. The number of nitrogens with one attached hydrogen (secondary N) is 1. The van der Waals surface area contributed by atoms with Gasteiger partial charge < -0.3 is 15.3 Å². The van der Waals surface area contributed by atoms with Gasteiger partial charge in [0.1, 0.15) is 5.82 Å². The minimum atomic E-state index is -0.766. The van der Waals surface area contributed by atoms with Crippen molar-refractivity contribution in [3.63, 3.8) is 0 Å². The fourth-order valence-electron chi connectivity index (χ4n) is 3.54. The van der Waals surface area contributed by atoms with E-state index in [-0.39, 0.29) is 5.82 Å². The Labute approximate surface area is 119 Å². The zero-order chi connectivity index (χ0) is 13.9. The van der Waals surface area contributed by atoms with Gasteiger partial charge in [0.15, 0.2) is 0 Å². The highest BCUT2D eigenvalue weighted by molar-refractivity contribution is 5.20. The molecule has 0 radical (unpaired) electrons. The predicted octanol–water partition coefficient (Wildman–Crippen LogP) is 2.08. The Morgan fingerprint density at radius 2 is 2.15 bits per heavy atom. The molecule has 0 bridgehead atoms. The van der Waals surface area contributed by atoms with Crippen molar-refractivity contribution < 1.29 is 9.50 Å². The van der Waals surface area contributed by atoms with E-state index in [1.807, 2.05) is 0 Å². The van der Waals surface area contributed by atoms with Crippen molar-refractivity contribution in [3.05, 3.63) is 35.6 Å². The molecule has 3 atom stereocenters. The molecular formula is C16H23FN2O. The summed E-state index contributed by atoms with van der Waals surface area (Å²) >= 11 is 0. The van der Waals surface area contributed by atoms with Crippen molar-refractivity contribution in [1.29, 1.82) is 0 Å². The fraction of sp³-hybridized carbons (Fsp3) is 0.625. The van der Waals surface area contributed by atoms with E-state index in [9.17, 15) is 9.50 Å².